The van der Waals surface area contributed by atoms with Crippen molar-refractivity contribution in [2.45, 2.75) is 19.8 Å². The van der Waals surface area contributed by atoms with Crippen LogP contribution < -0.4 is 11.1 Å². The van der Waals surface area contributed by atoms with Gasteiger partial charge in [0.2, 0.25) is 0 Å². The Morgan fingerprint density at radius 1 is 1.47 bits per heavy atom. The number of H-pyrrole nitrogens is 1. The molecular weight excluding hydrogens is 240 g/mol. The molecule has 4 N–H and O–H groups in total. The van der Waals surface area contributed by atoms with Crippen LogP contribution in [-0.2, 0) is 6.42 Å². The lowest BCUT2D eigenvalue weighted by atomic mass is 10.1. The van der Waals surface area contributed by atoms with E-state index in [-0.39, 0.29) is 0 Å². The van der Waals surface area contributed by atoms with E-state index in [0.717, 1.165) is 25.1 Å². The first kappa shape index (κ1) is 12.9. The number of aryl methyl sites for hydroxylation is 2. The average Bonchev–Trinajstić information content (AvgIpc) is 2.81. The van der Waals surface area contributed by atoms with E-state index in [2.05, 4.69) is 26.6 Å². The number of hydrogen-bond donors (Lipinski definition) is 3. The molecule has 0 amide bonds. The fraction of sp³-hybridized carbons (Fsp3) is 0.308. The number of nitrogens with two attached hydrogens (primary N) is 1. The van der Waals surface area contributed by atoms with Gasteiger partial charge in [0.15, 0.2) is 0 Å². The highest BCUT2D eigenvalue weighted by atomic mass is 15.1. The number of nitrogen functional groups attached to an aromatic ring is 1. The van der Waals surface area contributed by atoms with Crippen molar-refractivity contribution in [1.82, 2.24) is 15.2 Å². The number of anilines is 2. The molecule has 0 bridgehead atoms. The number of hydrogen-bond acceptors (Lipinski definition) is 5. The molecule has 0 aliphatic rings. The second kappa shape index (κ2) is 5.87. The summed E-state index contributed by atoms with van der Waals surface area (Å²) in [5.74, 6) is 0.584. The van der Waals surface area contributed by atoms with Crippen LogP contribution in [0.1, 0.15) is 23.2 Å². The monoisotopic (exact) mass is 256 g/mol. The zero-order valence-electron chi connectivity index (χ0n) is 10.8. The first-order chi connectivity index (χ1) is 9.20. The topological polar surface area (TPSA) is 103 Å². The molecule has 2 aromatic rings. The van der Waals surface area contributed by atoms with Gasteiger partial charge in [-0.15, -0.1) is 0 Å². The van der Waals surface area contributed by atoms with Crippen LogP contribution >= 0.6 is 0 Å². The number of aromatic nitrogens is 3. The summed E-state index contributed by atoms with van der Waals surface area (Å²) >= 11 is 0. The lowest BCUT2D eigenvalue weighted by Gasteiger charge is -2.07. The minimum atomic E-state index is 0.472. The lowest BCUT2D eigenvalue weighted by molar-refractivity contribution is 0.853. The smallest absolute Gasteiger partial charge is 0.144 e. The SMILES string of the molecule is Cc1[nH]ncc1CCCNc1ncc(N)cc1C#N. The van der Waals surface area contributed by atoms with Gasteiger partial charge in [0.05, 0.1) is 23.6 Å². The van der Waals surface area contributed by atoms with Crippen LogP contribution in [0.3, 0.4) is 0 Å². The predicted molar refractivity (Wildman–Crippen MR) is 73.5 cm³/mol. The molecule has 2 heterocycles. The van der Waals surface area contributed by atoms with E-state index < -0.39 is 0 Å². The van der Waals surface area contributed by atoms with E-state index >= 15 is 0 Å². The van der Waals surface area contributed by atoms with Crippen LogP contribution in [0.2, 0.25) is 0 Å². The van der Waals surface area contributed by atoms with Crippen molar-refractivity contribution in [2.24, 2.45) is 0 Å². The molecule has 2 rings (SSSR count). The molecule has 0 aromatic carbocycles. The van der Waals surface area contributed by atoms with Crippen molar-refractivity contribution < 1.29 is 0 Å². The van der Waals surface area contributed by atoms with Gasteiger partial charge in [0.1, 0.15) is 11.9 Å². The van der Waals surface area contributed by atoms with Gasteiger partial charge in [0, 0.05) is 12.2 Å². The maximum atomic E-state index is 8.99. The molecule has 0 aliphatic heterocycles. The van der Waals surface area contributed by atoms with E-state index in [1.165, 1.54) is 5.56 Å². The maximum absolute atomic E-state index is 8.99. The summed E-state index contributed by atoms with van der Waals surface area (Å²) in [6, 6.07) is 3.70. The molecule has 0 radical (unpaired) electrons. The van der Waals surface area contributed by atoms with E-state index in [0.29, 0.717) is 17.1 Å². The van der Waals surface area contributed by atoms with E-state index in [9.17, 15) is 0 Å². The van der Waals surface area contributed by atoms with Crippen molar-refractivity contribution >= 4 is 11.5 Å². The highest BCUT2D eigenvalue weighted by Gasteiger charge is 2.04. The molecule has 0 saturated carbocycles. The summed E-state index contributed by atoms with van der Waals surface area (Å²) in [7, 11) is 0. The molecule has 0 aliphatic carbocycles. The molecule has 0 saturated heterocycles. The minimum Gasteiger partial charge on any atom is -0.397 e. The number of nitrogens with one attached hydrogen (secondary N) is 2. The summed E-state index contributed by atoms with van der Waals surface area (Å²) in [6.07, 6.45) is 5.27. The Balaban J connectivity index is 1.86. The molecular formula is C13H16N6. The number of nitrogens with zero attached hydrogens (tertiary/aromatic N) is 3. The van der Waals surface area contributed by atoms with Gasteiger partial charge >= 0.3 is 0 Å². The Labute approximate surface area is 111 Å². The lowest BCUT2D eigenvalue weighted by Crippen LogP contribution is -2.07. The van der Waals surface area contributed by atoms with E-state index in [1.54, 1.807) is 12.3 Å². The summed E-state index contributed by atoms with van der Waals surface area (Å²) in [6.45, 7) is 2.75. The molecule has 98 valence electrons. The largest absolute Gasteiger partial charge is 0.397 e. The van der Waals surface area contributed by atoms with E-state index in [4.69, 9.17) is 11.0 Å². The Bertz CT molecular complexity index is 595. The van der Waals surface area contributed by atoms with Gasteiger partial charge in [-0.25, -0.2) is 4.98 Å². The van der Waals surface area contributed by atoms with Gasteiger partial charge in [-0.1, -0.05) is 0 Å². The second-order valence-corrected chi connectivity index (χ2v) is 4.33. The zero-order chi connectivity index (χ0) is 13.7. The van der Waals surface area contributed by atoms with Gasteiger partial charge in [-0.3, -0.25) is 5.10 Å². The van der Waals surface area contributed by atoms with Crippen molar-refractivity contribution in [1.29, 1.82) is 5.26 Å². The average molecular weight is 256 g/mol. The number of nitriles is 1. The third-order valence-electron chi connectivity index (χ3n) is 2.88. The predicted octanol–water partition coefficient (Wildman–Crippen LogP) is 1.61. The Morgan fingerprint density at radius 2 is 2.32 bits per heavy atom. The summed E-state index contributed by atoms with van der Waals surface area (Å²) in [5.41, 5.74) is 8.87. The molecule has 6 heteroatoms. The maximum Gasteiger partial charge on any atom is 0.144 e. The van der Waals surface area contributed by atoms with Gasteiger partial charge in [-0.2, -0.15) is 10.4 Å². The van der Waals surface area contributed by atoms with Crippen molar-refractivity contribution in [2.75, 3.05) is 17.6 Å². The fourth-order valence-electron chi connectivity index (χ4n) is 1.82. The summed E-state index contributed by atoms with van der Waals surface area (Å²) < 4.78 is 0. The molecule has 0 fully saturated rings. The molecule has 0 unspecified atom stereocenters. The van der Waals surface area contributed by atoms with Crippen LogP contribution in [0.4, 0.5) is 11.5 Å². The zero-order valence-corrected chi connectivity index (χ0v) is 10.8. The number of rotatable bonds is 5. The standard InChI is InChI=1S/C13H16N6/c1-9-10(7-18-19-9)3-2-4-16-13-11(6-14)5-12(15)8-17-13/h5,7-8H,2-4,15H2,1H3,(H,16,17)(H,18,19). The normalized spacial score (nSPS) is 10.1. The van der Waals surface area contributed by atoms with Gasteiger partial charge in [0.25, 0.3) is 0 Å². The van der Waals surface area contributed by atoms with Gasteiger partial charge < -0.3 is 11.1 Å². The van der Waals surface area contributed by atoms with Crippen LogP contribution in [0.25, 0.3) is 0 Å². The van der Waals surface area contributed by atoms with Crippen LogP contribution in [0, 0.1) is 18.3 Å². The highest BCUT2D eigenvalue weighted by Crippen LogP contribution is 2.14. The Kier molecular flexibility index (Phi) is 3.98. The third-order valence-corrected chi connectivity index (χ3v) is 2.88. The number of aromatic amines is 1. The highest BCUT2D eigenvalue weighted by molar-refractivity contribution is 5.57. The van der Waals surface area contributed by atoms with Crippen molar-refractivity contribution in [3.8, 4) is 6.07 Å². The van der Waals surface area contributed by atoms with Crippen LogP contribution in [-0.4, -0.2) is 21.7 Å². The molecule has 0 spiro atoms. The Hall–Kier alpha value is -2.55. The fourth-order valence-corrected chi connectivity index (χ4v) is 1.82. The number of pyridine rings is 1. The summed E-state index contributed by atoms with van der Waals surface area (Å²) in [4.78, 5) is 4.12. The first-order valence-electron chi connectivity index (χ1n) is 6.09. The molecule has 0 atom stereocenters. The Morgan fingerprint density at radius 3 is 3.00 bits per heavy atom. The van der Waals surface area contributed by atoms with Crippen molar-refractivity contribution in [3.05, 3.63) is 35.3 Å². The van der Waals surface area contributed by atoms with Crippen molar-refractivity contribution in [3.63, 3.8) is 0 Å². The summed E-state index contributed by atoms with van der Waals surface area (Å²) in [5, 5.41) is 19.0. The first-order valence-corrected chi connectivity index (χ1v) is 6.09. The molecule has 19 heavy (non-hydrogen) atoms. The quantitative estimate of drug-likeness (QED) is 0.705. The van der Waals surface area contributed by atoms with Crippen LogP contribution in [0.15, 0.2) is 18.5 Å². The minimum absolute atomic E-state index is 0.472. The molecule has 2 aromatic heterocycles. The molecule has 6 nitrogen and oxygen atoms in total. The van der Waals surface area contributed by atoms with Gasteiger partial charge in [-0.05, 0) is 31.4 Å². The van der Waals surface area contributed by atoms with Crippen LogP contribution in [0.5, 0.6) is 0 Å². The third kappa shape index (κ3) is 3.22. The second-order valence-electron chi connectivity index (χ2n) is 4.33. The van der Waals surface area contributed by atoms with E-state index in [1.807, 2.05) is 13.1 Å².